The summed E-state index contributed by atoms with van der Waals surface area (Å²) in [7, 11) is 3.95. The molecule has 11 heavy (non-hydrogen) atoms. The predicted molar refractivity (Wildman–Crippen MR) is 54.4 cm³/mol. The van der Waals surface area contributed by atoms with Crippen LogP contribution in [0.4, 0.5) is 0 Å². The van der Waals surface area contributed by atoms with Gasteiger partial charge in [-0.05, 0) is 19.8 Å². The van der Waals surface area contributed by atoms with Crippen molar-refractivity contribution in [1.82, 2.24) is 9.62 Å². The van der Waals surface area contributed by atoms with E-state index in [0.29, 0.717) is 0 Å². The van der Waals surface area contributed by atoms with Gasteiger partial charge in [-0.15, -0.1) is 0 Å². The van der Waals surface area contributed by atoms with E-state index in [1.165, 1.54) is 30.3 Å². The third kappa shape index (κ3) is 2.10. The highest BCUT2D eigenvalue weighted by atomic mass is 32.3. The van der Waals surface area contributed by atoms with Gasteiger partial charge in [0, 0.05) is 24.6 Å². The smallest absolute Gasteiger partial charge is 0.00663 e. The second-order valence-electron chi connectivity index (χ2n) is 3.25. The van der Waals surface area contributed by atoms with Crippen molar-refractivity contribution in [2.45, 2.75) is 6.92 Å². The van der Waals surface area contributed by atoms with Crippen molar-refractivity contribution in [2.75, 3.05) is 44.4 Å². The van der Waals surface area contributed by atoms with E-state index in [-0.39, 0.29) is 0 Å². The van der Waals surface area contributed by atoms with Crippen LogP contribution in [0.25, 0.3) is 0 Å². The molecular weight excluding hydrogens is 156 g/mol. The van der Waals surface area contributed by atoms with Gasteiger partial charge >= 0.3 is 0 Å². The Bertz CT molecular complexity index is 113. The van der Waals surface area contributed by atoms with Gasteiger partial charge in [0.2, 0.25) is 0 Å². The number of hydrogen-bond donors (Lipinski definition) is 1. The largest absolute Gasteiger partial charge is 0.305 e. The first-order valence-electron chi connectivity index (χ1n) is 4.36. The lowest BCUT2D eigenvalue weighted by Crippen LogP contribution is -2.40. The van der Waals surface area contributed by atoms with Crippen molar-refractivity contribution in [3.05, 3.63) is 0 Å². The highest BCUT2D eigenvalue weighted by Crippen LogP contribution is 2.43. The van der Waals surface area contributed by atoms with Crippen LogP contribution in [0, 0.1) is 0 Å². The number of nitrogens with zero attached hydrogens (tertiary/aromatic N) is 1. The summed E-state index contributed by atoms with van der Waals surface area (Å²) in [6.45, 7) is 4.88. The number of rotatable bonds is 2. The SMILES string of the molecule is CCS1(NC)CCN(C)CC1. The van der Waals surface area contributed by atoms with Crippen LogP contribution in [0.1, 0.15) is 6.92 Å². The molecule has 2 nitrogen and oxygen atoms in total. The van der Waals surface area contributed by atoms with E-state index < -0.39 is 10.2 Å². The van der Waals surface area contributed by atoms with E-state index in [1.807, 2.05) is 0 Å². The van der Waals surface area contributed by atoms with Crippen LogP contribution in [0.15, 0.2) is 0 Å². The summed E-state index contributed by atoms with van der Waals surface area (Å²) < 4.78 is 3.54. The van der Waals surface area contributed by atoms with Gasteiger partial charge in [0.15, 0.2) is 0 Å². The fourth-order valence-corrected chi connectivity index (χ4v) is 4.31. The Kier molecular flexibility index (Phi) is 3.22. The molecule has 0 aromatic heterocycles. The van der Waals surface area contributed by atoms with E-state index >= 15 is 0 Å². The monoisotopic (exact) mass is 176 g/mol. The minimum absolute atomic E-state index is 0.398. The Labute approximate surface area is 71.8 Å². The lowest BCUT2D eigenvalue weighted by Gasteiger charge is -2.45. The van der Waals surface area contributed by atoms with Gasteiger partial charge in [0.05, 0.1) is 0 Å². The van der Waals surface area contributed by atoms with Crippen LogP contribution in [0.2, 0.25) is 0 Å². The van der Waals surface area contributed by atoms with Crippen LogP contribution in [0.5, 0.6) is 0 Å². The first-order valence-corrected chi connectivity index (χ1v) is 6.50. The van der Waals surface area contributed by atoms with E-state index in [9.17, 15) is 0 Å². The molecule has 0 aliphatic carbocycles. The molecule has 0 atom stereocenters. The summed E-state index contributed by atoms with van der Waals surface area (Å²) >= 11 is 0. The molecular formula is C8H20N2S. The summed E-state index contributed by atoms with van der Waals surface area (Å²) in [5.74, 6) is 4.12. The molecule has 0 radical (unpaired) electrons. The molecule has 68 valence electrons. The second kappa shape index (κ2) is 3.78. The average Bonchev–Trinajstić information content (AvgIpc) is 2.07. The van der Waals surface area contributed by atoms with Crippen molar-refractivity contribution < 1.29 is 0 Å². The normalized spacial score (nSPS) is 28.3. The molecule has 1 fully saturated rings. The Morgan fingerprint density at radius 2 is 1.91 bits per heavy atom. The summed E-state index contributed by atoms with van der Waals surface area (Å²) in [6.07, 6.45) is 0. The van der Waals surface area contributed by atoms with Crippen molar-refractivity contribution in [2.24, 2.45) is 0 Å². The number of nitrogens with one attached hydrogen (secondary N) is 1. The Balaban J connectivity index is 2.45. The van der Waals surface area contributed by atoms with Gasteiger partial charge in [0.1, 0.15) is 0 Å². The number of hydrogen-bond acceptors (Lipinski definition) is 2. The van der Waals surface area contributed by atoms with Crippen LogP contribution < -0.4 is 4.72 Å². The fourth-order valence-electron chi connectivity index (χ4n) is 1.51. The molecule has 0 aromatic carbocycles. The lowest BCUT2D eigenvalue weighted by atomic mass is 10.6. The zero-order valence-electron chi connectivity index (χ0n) is 7.89. The summed E-state index contributed by atoms with van der Waals surface area (Å²) in [6, 6.07) is 0. The van der Waals surface area contributed by atoms with Gasteiger partial charge in [-0.3, -0.25) is 4.72 Å². The minimum Gasteiger partial charge on any atom is -0.305 e. The maximum atomic E-state index is 3.54. The van der Waals surface area contributed by atoms with Crippen molar-refractivity contribution >= 4 is 10.2 Å². The molecule has 0 unspecified atom stereocenters. The summed E-state index contributed by atoms with van der Waals surface area (Å²) in [5, 5.41) is 0. The summed E-state index contributed by atoms with van der Waals surface area (Å²) in [5.41, 5.74) is 0. The second-order valence-corrected chi connectivity index (χ2v) is 7.14. The molecule has 1 aliphatic rings. The van der Waals surface area contributed by atoms with Crippen LogP contribution in [-0.4, -0.2) is 49.3 Å². The highest BCUT2D eigenvalue weighted by Gasteiger charge is 2.24. The van der Waals surface area contributed by atoms with Crippen molar-refractivity contribution in [3.63, 3.8) is 0 Å². The van der Waals surface area contributed by atoms with Gasteiger partial charge in [-0.2, -0.15) is 10.2 Å². The summed E-state index contributed by atoms with van der Waals surface area (Å²) in [4.78, 5) is 2.43. The molecule has 1 aliphatic heterocycles. The molecule has 0 spiro atoms. The quantitative estimate of drug-likeness (QED) is 0.672. The zero-order chi connectivity index (χ0) is 8.32. The van der Waals surface area contributed by atoms with Crippen molar-refractivity contribution in [3.8, 4) is 0 Å². The van der Waals surface area contributed by atoms with Crippen molar-refractivity contribution in [1.29, 1.82) is 0 Å². The van der Waals surface area contributed by atoms with Gasteiger partial charge in [-0.25, -0.2) is 0 Å². The van der Waals surface area contributed by atoms with Gasteiger partial charge in [0.25, 0.3) is 0 Å². The van der Waals surface area contributed by atoms with E-state index in [2.05, 4.69) is 30.6 Å². The van der Waals surface area contributed by atoms with E-state index in [1.54, 1.807) is 0 Å². The minimum atomic E-state index is -0.398. The molecule has 0 aromatic rings. The third-order valence-electron chi connectivity index (χ3n) is 2.71. The van der Waals surface area contributed by atoms with Crippen LogP contribution >= 0.6 is 10.2 Å². The molecule has 0 saturated carbocycles. The van der Waals surface area contributed by atoms with Gasteiger partial charge in [-0.1, -0.05) is 6.92 Å². The first-order chi connectivity index (χ1) is 5.22. The Hall–Kier alpha value is 0.270. The predicted octanol–water partition coefficient (Wildman–Crippen LogP) is 0.891. The molecule has 1 N–H and O–H groups in total. The molecule has 1 heterocycles. The Morgan fingerprint density at radius 1 is 1.36 bits per heavy atom. The fraction of sp³-hybridized carbons (Fsp3) is 1.00. The molecule has 3 heteroatoms. The Morgan fingerprint density at radius 3 is 2.27 bits per heavy atom. The highest BCUT2D eigenvalue weighted by molar-refractivity contribution is 8.32. The van der Waals surface area contributed by atoms with Gasteiger partial charge < -0.3 is 4.90 Å². The topological polar surface area (TPSA) is 15.3 Å². The van der Waals surface area contributed by atoms with E-state index in [0.717, 1.165) is 0 Å². The molecule has 1 rings (SSSR count). The molecule has 0 bridgehead atoms. The maximum absolute atomic E-state index is 3.54. The zero-order valence-corrected chi connectivity index (χ0v) is 8.71. The average molecular weight is 176 g/mol. The van der Waals surface area contributed by atoms with Crippen LogP contribution in [-0.2, 0) is 0 Å². The standard InChI is InChI=1S/C8H20N2S/c1-4-11(9-2)7-5-10(3)6-8-11/h9H,4-8H2,1-3H3. The van der Waals surface area contributed by atoms with E-state index in [4.69, 9.17) is 0 Å². The third-order valence-corrected chi connectivity index (χ3v) is 6.61. The molecule has 0 amide bonds. The van der Waals surface area contributed by atoms with Crippen LogP contribution in [0.3, 0.4) is 0 Å². The lowest BCUT2D eigenvalue weighted by molar-refractivity contribution is 0.368. The molecule has 1 saturated heterocycles. The maximum Gasteiger partial charge on any atom is 0.00663 e. The first kappa shape index (κ1) is 9.36.